The van der Waals surface area contributed by atoms with E-state index in [1.807, 2.05) is 0 Å². The zero-order chi connectivity index (χ0) is 8.20. The number of alkyl halides is 3. The standard InChI is InChI=1S/C7H11F3/c1-3-4-5-6(2)7(8,9)10/h3-4,6H,5H2,1-2H3/b4-3+. The molecule has 1 atom stereocenters. The second-order valence-corrected chi connectivity index (χ2v) is 2.25. The van der Waals surface area contributed by atoms with Gasteiger partial charge in [-0.1, -0.05) is 19.1 Å². The Labute approximate surface area is 58.7 Å². The summed E-state index contributed by atoms with van der Waals surface area (Å²) in [5.41, 5.74) is 0. The van der Waals surface area contributed by atoms with Crippen LogP contribution < -0.4 is 0 Å². The number of hydrogen-bond acceptors (Lipinski definition) is 0. The molecule has 10 heavy (non-hydrogen) atoms. The van der Waals surface area contributed by atoms with Crippen molar-refractivity contribution >= 4 is 0 Å². The molecule has 0 bridgehead atoms. The van der Waals surface area contributed by atoms with E-state index in [1.165, 1.54) is 13.0 Å². The third-order valence-electron chi connectivity index (χ3n) is 1.28. The highest BCUT2D eigenvalue weighted by Gasteiger charge is 2.34. The summed E-state index contributed by atoms with van der Waals surface area (Å²) in [6.07, 6.45) is -0.806. The fraction of sp³-hybridized carbons (Fsp3) is 0.714. The van der Waals surface area contributed by atoms with Crippen molar-refractivity contribution in [3.8, 4) is 0 Å². The van der Waals surface area contributed by atoms with Crippen LogP contribution in [0, 0.1) is 5.92 Å². The molecule has 1 unspecified atom stereocenters. The zero-order valence-corrected chi connectivity index (χ0v) is 6.07. The molecular formula is C7H11F3. The van der Waals surface area contributed by atoms with Crippen LogP contribution in [0.3, 0.4) is 0 Å². The van der Waals surface area contributed by atoms with E-state index in [1.54, 1.807) is 13.0 Å². The van der Waals surface area contributed by atoms with Crippen LogP contribution in [-0.4, -0.2) is 6.18 Å². The van der Waals surface area contributed by atoms with Crippen molar-refractivity contribution in [2.24, 2.45) is 5.92 Å². The van der Waals surface area contributed by atoms with E-state index in [4.69, 9.17) is 0 Å². The molecule has 0 aliphatic rings. The van der Waals surface area contributed by atoms with Gasteiger partial charge in [0.1, 0.15) is 0 Å². The maximum Gasteiger partial charge on any atom is 0.391 e. The normalized spacial score (nSPS) is 16.1. The van der Waals surface area contributed by atoms with E-state index in [2.05, 4.69) is 0 Å². The number of rotatable bonds is 2. The van der Waals surface area contributed by atoms with Gasteiger partial charge in [0.15, 0.2) is 0 Å². The third-order valence-corrected chi connectivity index (χ3v) is 1.28. The van der Waals surface area contributed by atoms with Gasteiger partial charge >= 0.3 is 6.18 Å². The lowest BCUT2D eigenvalue weighted by molar-refractivity contribution is -0.168. The Kier molecular flexibility index (Phi) is 3.47. The van der Waals surface area contributed by atoms with Crippen molar-refractivity contribution in [3.05, 3.63) is 12.2 Å². The highest BCUT2D eigenvalue weighted by Crippen LogP contribution is 2.28. The predicted octanol–water partition coefficient (Wildman–Crippen LogP) is 3.15. The minimum Gasteiger partial charge on any atom is -0.171 e. The second kappa shape index (κ2) is 3.64. The van der Waals surface area contributed by atoms with E-state index in [-0.39, 0.29) is 6.42 Å². The van der Waals surface area contributed by atoms with Gasteiger partial charge in [-0.05, 0) is 13.3 Å². The van der Waals surface area contributed by atoms with Crippen LogP contribution in [0.15, 0.2) is 12.2 Å². The van der Waals surface area contributed by atoms with Gasteiger partial charge in [0.05, 0.1) is 5.92 Å². The van der Waals surface area contributed by atoms with Gasteiger partial charge in [-0.3, -0.25) is 0 Å². The summed E-state index contributed by atoms with van der Waals surface area (Å²) in [6.45, 7) is 2.89. The van der Waals surface area contributed by atoms with Crippen LogP contribution >= 0.6 is 0 Å². The molecule has 0 spiro atoms. The fourth-order valence-corrected chi connectivity index (χ4v) is 0.474. The lowest BCUT2D eigenvalue weighted by Gasteiger charge is -2.12. The van der Waals surface area contributed by atoms with Gasteiger partial charge in [0.2, 0.25) is 0 Å². The second-order valence-electron chi connectivity index (χ2n) is 2.25. The molecule has 0 aromatic carbocycles. The molecule has 60 valence electrons. The number of hydrogen-bond donors (Lipinski definition) is 0. The first-order valence-electron chi connectivity index (χ1n) is 3.16. The SMILES string of the molecule is C/C=C/CC(C)C(F)(F)F. The molecule has 0 saturated heterocycles. The Balaban J connectivity index is 3.73. The summed E-state index contributed by atoms with van der Waals surface area (Å²) in [5, 5.41) is 0. The molecule has 0 amide bonds. The topological polar surface area (TPSA) is 0 Å². The van der Waals surface area contributed by atoms with Crippen LogP contribution in [0.1, 0.15) is 20.3 Å². The first-order valence-corrected chi connectivity index (χ1v) is 3.16. The van der Waals surface area contributed by atoms with Gasteiger partial charge < -0.3 is 0 Å². The lowest BCUT2D eigenvalue weighted by Crippen LogP contribution is -2.18. The molecule has 0 saturated carbocycles. The minimum atomic E-state index is -4.04. The quantitative estimate of drug-likeness (QED) is 0.533. The number of allylic oxidation sites excluding steroid dienone is 2. The van der Waals surface area contributed by atoms with E-state index >= 15 is 0 Å². The zero-order valence-electron chi connectivity index (χ0n) is 6.07. The Bertz CT molecular complexity index is 113. The third kappa shape index (κ3) is 3.54. The molecule has 0 heterocycles. The molecule has 0 aromatic rings. The lowest BCUT2D eigenvalue weighted by atomic mass is 10.1. The van der Waals surface area contributed by atoms with Crippen LogP contribution in [0.25, 0.3) is 0 Å². The average molecular weight is 152 g/mol. The summed E-state index contributed by atoms with van der Waals surface area (Å²) in [4.78, 5) is 0. The number of halogens is 3. The van der Waals surface area contributed by atoms with Gasteiger partial charge in [-0.25, -0.2) is 0 Å². The highest BCUT2D eigenvalue weighted by molar-refractivity contribution is 4.81. The highest BCUT2D eigenvalue weighted by atomic mass is 19.4. The van der Waals surface area contributed by atoms with Gasteiger partial charge in [-0.15, -0.1) is 0 Å². The molecular weight excluding hydrogens is 141 g/mol. The largest absolute Gasteiger partial charge is 0.391 e. The summed E-state index contributed by atoms with van der Waals surface area (Å²) >= 11 is 0. The minimum absolute atomic E-state index is 0.0833. The van der Waals surface area contributed by atoms with Crippen molar-refractivity contribution < 1.29 is 13.2 Å². The Morgan fingerprint density at radius 1 is 1.40 bits per heavy atom. The summed E-state index contributed by atoms with van der Waals surface area (Å²) in [6, 6.07) is 0. The Morgan fingerprint density at radius 2 is 1.90 bits per heavy atom. The maximum absolute atomic E-state index is 11.7. The monoisotopic (exact) mass is 152 g/mol. The summed E-state index contributed by atoms with van der Waals surface area (Å²) in [7, 11) is 0. The van der Waals surface area contributed by atoms with Crippen molar-refractivity contribution in [1.29, 1.82) is 0 Å². The van der Waals surface area contributed by atoms with Crippen molar-refractivity contribution in [1.82, 2.24) is 0 Å². The van der Waals surface area contributed by atoms with Crippen LogP contribution in [0.2, 0.25) is 0 Å². The van der Waals surface area contributed by atoms with E-state index in [0.717, 1.165) is 0 Å². The Morgan fingerprint density at radius 3 is 2.20 bits per heavy atom. The van der Waals surface area contributed by atoms with Crippen molar-refractivity contribution in [2.75, 3.05) is 0 Å². The molecule has 0 radical (unpaired) electrons. The molecule has 0 aliphatic heterocycles. The molecule has 0 fully saturated rings. The van der Waals surface area contributed by atoms with Crippen molar-refractivity contribution in [2.45, 2.75) is 26.4 Å². The molecule has 0 nitrogen and oxygen atoms in total. The van der Waals surface area contributed by atoms with E-state index in [9.17, 15) is 13.2 Å². The summed E-state index contributed by atoms with van der Waals surface area (Å²) in [5.74, 6) is -1.22. The van der Waals surface area contributed by atoms with Crippen molar-refractivity contribution in [3.63, 3.8) is 0 Å². The average Bonchev–Trinajstić information content (AvgIpc) is 1.80. The first kappa shape index (κ1) is 9.53. The predicted molar refractivity (Wildman–Crippen MR) is 34.6 cm³/mol. The molecule has 0 aromatic heterocycles. The molecule has 3 heteroatoms. The van der Waals surface area contributed by atoms with Gasteiger partial charge in [-0.2, -0.15) is 13.2 Å². The van der Waals surface area contributed by atoms with Gasteiger partial charge in [0.25, 0.3) is 0 Å². The Hall–Kier alpha value is -0.470. The summed E-state index contributed by atoms with van der Waals surface area (Å²) < 4.78 is 35.2. The fourth-order valence-electron chi connectivity index (χ4n) is 0.474. The first-order chi connectivity index (χ1) is 4.48. The van der Waals surface area contributed by atoms with E-state index in [0.29, 0.717) is 0 Å². The molecule has 0 N–H and O–H groups in total. The van der Waals surface area contributed by atoms with Crippen LogP contribution in [0.4, 0.5) is 13.2 Å². The molecule has 0 rings (SSSR count). The van der Waals surface area contributed by atoms with Crippen LogP contribution in [0.5, 0.6) is 0 Å². The van der Waals surface area contributed by atoms with E-state index < -0.39 is 12.1 Å². The smallest absolute Gasteiger partial charge is 0.171 e. The van der Waals surface area contributed by atoms with Crippen LogP contribution in [-0.2, 0) is 0 Å². The maximum atomic E-state index is 11.7. The van der Waals surface area contributed by atoms with Gasteiger partial charge in [0, 0.05) is 0 Å². The molecule has 0 aliphatic carbocycles.